The van der Waals surface area contributed by atoms with E-state index in [4.69, 9.17) is 15.2 Å². The number of ether oxygens (including phenoxy) is 2. The van der Waals surface area contributed by atoms with Crippen molar-refractivity contribution in [2.45, 2.75) is 6.92 Å². The Kier molecular flexibility index (Phi) is 4.60. The topological polar surface area (TPSA) is 83.2 Å². The van der Waals surface area contributed by atoms with Crippen LogP contribution in [0, 0.1) is 6.92 Å². The summed E-state index contributed by atoms with van der Waals surface area (Å²) in [5.74, 6) is 1.62. The largest absolute Gasteiger partial charge is 0.437 e. The molecule has 0 saturated heterocycles. The van der Waals surface area contributed by atoms with Crippen molar-refractivity contribution >= 4 is 32.5 Å². The van der Waals surface area contributed by atoms with Crippen LogP contribution in [0.3, 0.4) is 0 Å². The van der Waals surface area contributed by atoms with E-state index in [1.165, 1.54) is 6.33 Å². The fourth-order valence-corrected chi connectivity index (χ4v) is 2.81. The summed E-state index contributed by atoms with van der Waals surface area (Å²) in [5, 5.41) is 0.970. The van der Waals surface area contributed by atoms with Gasteiger partial charge in [-0.05, 0) is 43.3 Å². The third-order valence-corrected chi connectivity index (χ3v) is 4.40. The summed E-state index contributed by atoms with van der Waals surface area (Å²) in [4.78, 5) is 12.8. The van der Waals surface area contributed by atoms with Crippen LogP contribution >= 0.6 is 15.9 Å². The first-order valence-corrected chi connectivity index (χ1v) is 8.97. The van der Waals surface area contributed by atoms with E-state index in [2.05, 4.69) is 30.9 Å². The average molecular weight is 423 g/mol. The van der Waals surface area contributed by atoms with Crippen molar-refractivity contribution in [2.24, 2.45) is 0 Å². The zero-order valence-corrected chi connectivity index (χ0v) is 16.0. The quantitative estimate of drug-likeness (QED) is 0.482. The van der Waals surface area contributed by atoms with Gasteiger partial charge in [-0.15, -0.1) is 0 Å². The highest BCUT2D eigenvalue weighted by atomic mass is 79.9. The molecule has 0 atom stereocenters. The molecule has 0 aliphatic carbocycles. The Morgan fingerprint density at radius 1 is 0.889 bits per heavy atom. The molecule has 0 aliphatic rings. The number of fused-ring (bicyclic) bond motifs is 1. The number of anilines is 1. The summed E-state index contributed by atoms with van der Waals surface area (Å²) in [6, 6.07) is 17.0. The van der Waals surface area contributed by atoms with Gasteiger partial charge in [0.1, 0.15) is 17.6 Å². The Labute approximate surface area is 164 Å². The molecular formula is C20H15BrN4O2. The Balaban J connectivity index is 1.67. The molecule has 4 rings (SSSR count). The van der Waals surface area contributed by atoms with Gasteiger partial charge in [-0.2, -0.15) is 9.97 Å². The molecule has 134 valence electrons. The lowest BCUT2D eigenvalue weighted by Crippen LogP contribution is -2.01. The third-order valence-electron chi connectivity index (χ3n) is 3.87. The van der Waals surface area contributed by atoms with Crippen LogP contribution in [0.1, 0.15) is 5.69 Å². The van der Waals surface area contributed by atoms with Crippen molar-refractivity contribution in [1.82, 2.24) is 15.0 Å². The molecule has 2 aromatic heterocycles. The lowest BCUT2D eigenvalue weighted by atomic mass is 10.2. The number of halogens is 1. The first-order chi connectivity index (χ1) is 13.1. The van der Waals surface area contributed by atoms with Gasteiger partial charge in [-0.1, -0.05) is 34.1 Å². The molecule has 7 heteroatoms. The Hall–Kier alpha value is -3.19. The van der Waals surface area contributed by atoms with Crippen molar-refractivity contribution in [1.29, 1.82) is 0 Å². The van der Waals surface area contributed by atoms with E-state index in [0.717, 1.165) is 21.1 Å². The summed E-state index contributed by atoms with van der Waals surface area (Å²) >= 11 is 3.39. The number of aromatic nitrogens is 3. The Morgan fingerprint density at radius 2 is 1.63 bits per heavy atom. The molecule has 2 aromatic carbocycles. The second kappa shape index (κ2) is 7.20. The van der Waals surface area contributed by atoms with Crippen LogP contribution in [0.15, 0.2) is 65.4 Å². The van der Waals surface area contributed by atoms with E-state index < -0.39 is 0 Å². The second-order valence-electron chi connectivity index (χ2n) is 5.84. The van der Waals surface area contributed by atoms with E-state index in [9.17, 15) is 0 Å². The van der Waals surface area contributed by atoms with E-state index in [1.54, 1.807) is 0 Å². The molecule has 0 bridgehead atoms. The molecule has 27 heavy (non-hydrogen) atoms. The smallest absolute Gasteiger partial charge is 0.249 e. The fraction of sp³-hybridized carbons (Fsp3) is 0.0500. The van der Waals surface area contributed by atoms with Crippen molar-refractivity contribution in [3.05, 3.63) is 71.1 Å². The van der Waals surface area contributed by atoms with Gasteiger partial charge in [0.15, 0.2) is 11.4 Å². The first kappa shape index (κ1) is 17.2. The van der Waals surface area contributed by atoms with E-state index in [1.807, 2.05) is 61.5 Å². The monoisotopic (exact) mass is 422 g/mol. The molecule has 0 unspecified atom stereocenters. The highest BCUT2D eigenvalue weighted by Gasteiger charge is 2.14. The number of benzene rings is 2. The van der Waals surface area contributed by atoms with Gasteiger partial charge < -0.3 is 15.2 Å². The molecule has 0 amide bonds. The number of hydrogen-bond acceptors (Lipinski definition) is 6. The van der Waals surface area contributed by atoms with Crippen LogP contribution in [0.4, 0.5) is 5.69 Å². The molecule has 0 radical (unpaired) electrons. The van der Waals surface area contributed by atoms with Gasteiger partial charge in [-0.25, -0.2) is 4.98 Å². The van der Waals surface area contributed by atoms with Crippen LogP contribution in [0.2, 0.25) is 0 Å². The third kappa shape index (κ3) is 3.68. The number of pyridine rings is 1. The van der Waals surface area contributed by atoms with E-state index in [0.29, 0.717) is 11.5 Å². The number of rotatable bonds is 4. The van der Waals surface area contributed by atoms with Gasteiger partial charge in [0, 0.05) is 15.6 Å². The normalized spacial score (nSPS) is 10.7. The van der Waals surface area contributed by atoms with Crippen molar-refractivity contribution < 1.29 is 9.47 Å². The van der Waals surface area contributed by atoms with Crippen LogP contribution in [0.5, 0.6) is 23.3 Å². The molecule has 0 saturated carbocycles. The van der Waals surface area contributed by atoms with Crippen molar-refractivity contribution in [3.8, 4) is 23.3 Å². The molecular weight excluding hydrogens is 408 g/mol. The number of nitrogens with two attached hydrogens (primary N) is 1. The summed E-state index contributed by atoms with van der Waals surface area (Å²) < 4.78 is 12.7. The maximum atomic E-state index is 6.18. The Bertz CT molecular complexity index is 1120. The van der Waals surface area contributed by atoms with Crippen LogP contribution in [-0.2, 0) is 0 Å². The number of aryl methyl sites for hydroxylation is 1. The minimum atomic E-state index is 0.213. The van der Waals surface area contributed by atoms with E-state index >= 15 is 0 Å². The van der Waals surface area contributed by atoms with Crippen molar-refractivity contribution in [2.75, 3.05) is 5.73 Å². The van der Waals surface area contributed by atoms with Gasteiger partial charge in [-0.3, -0.25) is 0 Å². The molecule has 2 N–H and O–H groups in total. The molecule has 0 fully saturated rings. The maximum Gasteiger partial charge on any atom is 0.249 e. The zero-order valence-electron chi connectivity index (χ0n) is 14.4. The number of nitrogens with zero attached hydrogens (tertiary/aromatic N) is 3. The van der Waals surface area contributed by atoms with Gasteiger partial charge in [0.2, 0.25) is 11.8 Å². The summed E-state index contributed by atoms with van der Waals surface area (Å²) in [7, 11) is 0. The summed E-state index contributed by atoms with van der Waals surface area (Å²) in [5.41, 5.74) is 8.03. The predicted molar refractivity (Wildman–Crippen MR) is 107 cm³/mol. The Morgan fingerprint density at radius 3 is 2.41 bits per heavy atom. The average Bonchev–Trinajstić information content (AvgIpc) is 2.67. The maximum absolute atomic E-state index is 6.18. The lowest BCUT2D eigenvalue weighted by Gasteiger charge is -2.12. The first-order valence-electron chi connectivity index (χ1n) is 8.18. The van der Waals surface area contributed by atoms with Crippen LogP contribution < -0.4 is 15.2 Å². The molecule has 4 aromatic rings. The fourth-order valence-electron chi connectivity index (χ4n) is 2.55. The number of nitrogen functional groups attached to an aromatic ring is 1. The van der Waals surface area contributed by atoms with Crippen LogP contribution in [-0.4, -0.2) is 15.0 Å². The molecule has 6 nitrogen and oxygen atoms in total. The number of para-hydroxylation sites is 1. The minimum Gasteiger partial charge on any atom is -0.437 e. The molecule has 2 heterocycles. The van der Waals surface area contributed by atoms with Gasteiger partial charge in [0.05, 0.1) is 0 Å². The lowest BCUT2D eigenvalue weighted by molar-refractivity contribution is 0.440. The standard InChI is InChI=1S/C20H15BrN4O2/c1-12-5-6-13-3-2-4-16(18(13)25-12)27-20-17(22)19(23-11-24-20)26-15-9-7-14(21)8-10-15/h2-11H,22H2,1H3. The predicted octanol–water partition coefficient (Wildman–Crippen LogP) is 5.26. The van der Waals surface area contributed by atoms with Gasteiger partial charge in [0.25, 0.3) is 0 Å². The van der Waals surface area contributed by atoms with Crippen molar-refractivity contribution in [3.63, 3.8) is 0 Å². The van der Waals surface area contributed by atoms with Gasteiger partial charge >= 0.3 is 0 Å². The minimum absolute atomic E-state index is 0.213. The highest BCUT2D eigenvalue weighted by Crippen LogP contribution is 2.35. The SMILES string of the molecule is Cc1ccc2cccc(Oc3ncnc(Oc4ccc(Br)cc4)c3N)c2n1. The van der Waals surface area contributed by atoms with E-state index in [-0.39, 0.29) is 17.4 Å². The number of hydrogen-bond donors (Lipinski definition) is 1. The van der Waals surface area contributed by atoms with Crippen LogP contribution in [0.25, 0.3) is 10.9 Å². The molecule has 0 aliphatic heterocycles. The summed E-state index contributed by atoms with van der Waals surface area (Å²) in [6.07, 6.45) is 1.35. The highest BCUT2D eigenvalue weighted by molar-refractivity contribution is 9.10. The zero-order chi connectivity index (χ0) is 18.8. The molecule has 0 spiro atoms. The second-order valence-corrected chi connectivity index (χ2v) is 6.75. The summed E-state index contributed by atoms with van der Waals surface area (Å²) in [6.45, 7) is 1.93.